The highest BCUT2D eigenvalue weighted by atomic mass is 32.2. The third kappa shape index (κ3) is 3.95. The minimum atomic E-state index is -3.56. The van der Waals surface area contributed by atoms with E-state index in [0.717, 1.165) is 17.7 Å². The molecule has 0 radical (unpaired) electrons. The third-order valence-corrected chi connectivity index (χ3v) is 7.48. The second kappa shape index (κ2) is 8.37. The van der Waals surface area contributed by atoms with E-state index < -0.39 is 10.0 Å². The average molecular weight is 431 g/mol. The highest BCUT2D eigenvalue weighted by Crippen LogP contribution is 2.32. The van der Waals surface area contributed by atoms with Gasteiger partial charge in [-0.1, -0.05) is 18.2 Å². The van der Waals surface area contributed by atoms with Crippen molar-refractivity contribution in [2.45, 2.75) is 31.2 Å². The molecule has 0 bridgehead atoms. The number of fused-ring (bicyclic) bond motifs is 1. The Morgan fingerprint density at radius 1 is 1.17 bits per heavy atom. The first kappa shape index (κ1) is 20.8. The molecule has 2 aromatic carbocycles. The molecule has 2 aliphatic rings. The van der Waals surface area contributed by atoms with Crippen LogP contribution in [0.4, 0.5) is 5.69 Å². The lowest BCUT2D eigenvalue weighted by Crippen LogP contribution is -2.40. The number of hydrogen-bond acceptors (Lipinski definition) is 5. The molecule has 0 aliphatic carbocycles. The molecule has 1 saturated heterocycles. The second-order valence-electron chi connectivity index (χ2n) is 7.68. The fourth-order valence-electron chi connectivity index (χ4n) is 4.03. The van der Waals surface area contributed by atoms with E-state index in [0.29, 0.717) is 37.6 Å². The number of amides is 1. The van der Waals surface area contributed by atoms with Crippen LogP contribution in [-0.4, -0.2) is 57.6 Å². The predicted molar refractivity (Wildman–Crippen MR) is 113 cm³/mol. The summed E-state index contributed by atoms with van der Waals surface area (Å²) in [5.41, 5.74) is 2.77. The topological polar surface area (TPSA) is 76.1 Å². The highest BCUT2D eigenvalue weighted by Gasteiger charge is 2.31. The lowest BCUT2D eigenvalue weighted by Gasteiger charge is -2.26. The lowest BCUT2D eigenvalue weighted by molar-refractivity contribution is -0.120. The molecule has 2 heterocycles. The largest absolute Gasteiger partial charge is 0.483 e. The summed E-state index contributed by atoms with van der Waals surface area (Å²) in [7, 11) is -3.56. The van der Waals surface area contributed by atoms with Crippen LogP contribution in [0.2, 0.25) is 0 Å². The number of rotatable bonds is 5. The van der Waals surface area contributed by atoms with E-state index in [2.05, 4.69) is 0 Å². The molecular weight excluding hydrogens is 404 g/mol. The average Bonchev–Trinajstić information content (AvgIpc) is 3.09. The Morgan fingerprint density at radius 2 is 1.90 bits per heavy atom. The Balaban J connectivity index is 1.45. The number of carbonyl (C=O) groups excluding carboxylic acids is 1. The molecule has 1 unspecified atom stereocenters. The number of anilines is 1. The zero-order valence-electron chi connectivity index (χ0n) is 17.2. The molecule has 160 valence electrons. The third-order valence-electron chi connectivity index (χ3n) is 5.58. The van der Waals surface area contributed by atoms with Crippen molar-refractivity contribution < 1.29 is 22.7 Å². The van der Waals surface area contributed by atoms with Crippen molar-refractivity contribution in [1.29, 1.82) is 0 Å². The van der Waals surface area contributed by atoms with E-state index in [1.165, 1.54) is 10.4 Å². The number of sulfonamides is 1. The van der Waals surface area contributed by atoms with Gasteiger partial charge in [0.15, 0.2) is 6.61 Å². The second-order valence-corrected chi connectivity index (χ2v) is 9.62. The monoisotopic (exact) mass is 430 g/mol. The van der Waals surface area contributed by atoms with E-state index in [9.17, 15) is 13.2 Å². The summed E-state index contributed by atoms with van der Waals surface area (Å²) >= 11 is 0. The van der Waals surface area contributed by atoms with Gasteiger partial charge in [0.05, 0.1) is 18.1 Å². The summed E-state index contributed by atoms with van der Waals surface area (Å²) in [5, 5.41) is 0. The van der Waals surface area contributed by atoms with Gasteiger partial charge in [-0.05, 0) is 55.7 Å². The van der Waals surface area contributed by atoms with Crippen molar-refractivity contribution in [3.05, 3.63) is 53.6 Å². The fraction of sp³-hybridized carbons (Fsp3) is 0.409. The number of hydrogen-bond donors (Lipinski definition) is 0. The van der Waals surface area contributed by atoms with Crippen LogP contribution >= 0.6 is 0 Å². The Morgan fingerprint density at radius 3 is 2.63 bits per heavy atom. The number of aryl methyl sites for hydroxylation is 1. The Bertz CT molecular complexity index is 1050. The van der Waals surface area contributed by atoms with Crippen LogP contribution in [0, 0.1) is 6.92 Å². The molecule has 30 heavy (non-hydrogen) atoms. The molecule has 2 aromatic rings. The molecule has 0 aromatic heterocycles. The Hall–Kier alpha value is -2.42. The van der Waals surface area contributed by atoms with Gasteiger partial charge in [0, 0.05) is 24.8 Å². The van der Waals surface area contributed by atoms with E-state index in [4.69, 9.17) is 9.47 Å². The highest BCUT2D eigenvalue weighted by molar-refractivity contribution is 7.89. The molecule has 2 aliphatic heterocycles. The number of para-hydroxylation sites is 1. The van der Waals surface area contributed by atoms with Crippen LogP contribution in [0.3, 0.4) is 0 Å². The van der Waals surface area contributed by atoms with E-state index in [-0.39, 0.29) is 23.5 Å². The van der Waals surface area contributed by atoms with Gasteiger partial charge in [-0.25, -0.2) is 8.42 Å². The van der Waals surface area contributed by atoms with Crippen LogP contribution in [0.15, 0.2) is 47.4 Å². The maximum absolute atomic E-state index is 12.8. The van der Waals surface area contributed by atoms with Gasteiger partial charge in [-0.2, -0.15) is 4.31 Å². The van der Waals surface area contributed by atoms with Crippen LogP contribution in [0.5, 0.6) is 5.75 Å². The van der Waals surface area contributed by atoms with E-state index >= 15 is 0 Å². The molecule has 0 spiro atoms. The first-order valence-electron chi connectivity index (χ1n) is 10.1. The summed E-state index contributed by atoms with van der Waals surface area (Å²) in [6.07, 6.45) is 0.828. The van der Waals surface area contributed by atoms with Gasteiger partial charge in [-0.3, -0.25) is 4.79 Å². The number of benzene rings is 2. The predicted octanol–water partition coefficient (Wildman–Crippen LogP) is 2.37. The maximum Gasteiger partial charge on any atom is 0.265 e. The molecule has 0 N–H and O–H groups in total. The molecule has 8 heteroatoms. The molecule has 1 atom stereocenters. The minimum Gasteiger partial charge on any atom is -0.483 e. The lowest BCUT2D eigenvalue weighted by atomic mass is 10.1. The van der Waals surface area contributed by atoms with Gasteiger partial charge in [0.25, 0.3) is 5.91 Å². The normalized spacial score (nSPS) is 19.5. The Kier molecular flexibility index (Phi) is 5.81. The number of ether oxygens (including phenoxy) is 2. The van der Waals surface area contributed by atoms with Gasteiger partial charge < -0.3 is 14.4 Å². The first-order chi connectivity index (χ1) is 14.4. The molecule has 7 nitrogen and oxygen atoms in total. The summed E-state index contributed by atoms with van der Waals surface area (Å²) in [6.45, 7) is 5.21. The summed E-state index contributed by atoms with van der Waals surface area (Å²) in [5.74, 6) is 0.390. The smallest absolute Gasteiger partial charge is 0.265 e. The molecule has 4 rings (SSSR count). The van der Waals surface area contributed by atoms with Crippen LogP contribution in [0.1, 0.15) is 18.1 Å². The van der Waals surface area contributed by atoms with Crippen molar-refractivity contribution in [3.63, 3.8) is 0 Å². The summed E-state index contributed by atoms with van der Waals surface area (Å²) in [4.78, 5) is 14.8. The molecule has 1 fully saturated rings. The van der Waals surface area contributed by atoms with E-state index in [1.807, 2.05) is 31.2 Å². The number of nitrogens with zero attached hydrogens (tertiary/aromatic N) is 2. The fourth-order valence-corrected chi connectivity index (χ4v) is 5.53. The first-order valence-corrected chi connectivity index (χ1v) is 11.5. The van der Waals surface area contributed by atoms with Crippen LogP contribution in [-0.2, 0) is 26.0 Å². The van der Waals surface area contributed by atoms with E-state index in [1.54, 1.807) is 24.0 Å². The maximum atomic E-state index is 12.8. The molecule has 1 amide bonds. The van der Waals surface area contributed by atoms with Crippen molar-refractivity contribution in [2.75, 3.05) is 37.8 Å². The SMILES string of the molecule is Cc1cc(S(=O)(=O)N2CCOCC2)ccc1OCC(=O)N1c2ccccc2CC1C. The van der Waals surface area contributed by atoms with Crippen molar-refractivity contribution in [2.24, 2.45) is 0 Å². The standard InChI is InChI=1S/C22H26N2O5S/c1-16-13-19(30(26,27)23-9-11-28-12-10-23)7-8-21(16)29-15-22(25)24-17(2)14-18-5-3-4-6-20(18)24/h3-8,13,17H,9-12,14-15H2,1-2H3. The van der Waals surface area contributed by atoms with Crippen LogP contribution < -0.4 is 9.64 Å². The Labute approximate surface area is 177 Å². The number of carbonyl (C=O) groups is 1. The van der Waals surface area contributed by atoms with Gasteiger partial charge in [-0.15, -0.1) is 0 Å². The van der Waals surface area contributed by atoms with Crippen molar-refractivity contribution >= 4 is 21.6 Å². The zero-order valence-corrected chi connectivity index (χ0v) is 18.0. The van der Waals surface area contributed by atoms with Crippen molar-refractivity contribution in [3.8, 4) is 5.75 Å². The number of morpholine rings is 1. The summed E-state index contributed by atoms with van der Waals surface area (Å²) in [6, 6.07) is 12.7. The van der Waals surface area contributed by atoms with Gasteiger partial charge in [0.2, 0.25) is 10.0 Å². The minimum absolute atomic E-state index is 0.0839. The van der Waals surface area contributed by atoms with Crippen molar-refractivity contribution in [1.82, 2.24) is 4.31 Å². The van der Waals surface area contributed by atoms with Crippen LogP contribution in [0.25, 0.3) is 0 Å². The molecule has 0 saturated carbocycles. The zero-order chi connectivity index (χ0) is 21.3. The van der Waals surface area contributed by atoms with Gasteiger partial charge in [0.1, 0.15) is 5.75 Å². The summed E-state index contributed by atoms with van der Waals surface area (Å²) < 4.78 is 38.1. The molecular formula is C22H26N2O5S. The van der Waals surface area contributed by atoms with Gasteiger partial charge >= 0.3 is 0 Å². The quantitative estimate of drug-likeness (QED) is 0.728.